The van der Waals surface area contributed by atoms with Gasteiger partial charge in [0.1, 0.15) is 0 Å². The third-order valence-corrected chi connectivity index (χ3v) is 5.54. The second kappa shape index (κ2) is 4.87. The number of rotatable bonds is 4. The third-order valence-electron chi connectivity index (χ3n) is 4.18. The molecule has 1 saturated carbocycles. The van der Waals surface area contributed by atoms with Crippen molar-refractivity contribution in [2.75, 3.05) is 12.4 Å². The average Bonchev–Trinajstić information content (AvgIpc) is 2.63. The minimum Gasteiger partial charge on any atom is -0.378 e. The lowest BCUT2D eigenvalue weighted by Gasteiger charge is -2.52. The van der Waals surface area contributed by atoms with E-state index in [9.17, 15) is 0 Å². The lowest BCUT2D eigenvalue weighted by Crippen LogP contribution is -2.62. The zero-order valence-electron chi connectivity index (χ0n) is 11.0. The van der Waals surface area contributed by atoms with Gasteiger partial charge in [0, 0.05) is 35.1 Å². The quantitative estimate of drug-likeness (QED) is 0.820. The highest BCUT2D eigenvalue weighted by molar-refractivity contribution is 8.00. The second-order valence-corrected chi connectivity index (χ2v) is 7.27. The molecule has 4 atom stereocenters. The highest BCUT2D eigenvalue weighted by atomic mass is 32.2. The largest absolute Gasteiger partial charge is 0.378 e. The summed E-state index contributed by atoms with van der Waals surface area (Å²) in [6.45, 7) is 9.94. The summed E-state index contributed by atoms with van der Waals surface area (Å²) in [5, 5.41) is 4.66. The molecule has 4 unspecified atom stereocenters. The summed E-state index contributed by atoms with van der Waals surface area (Å²) < 4.78 is 5.76. The van der Waals surface area contributed by atoms with Crippen molar-refractivity contribution in [2.24, 2.45) is 5.41 Å². The molecule has 2 rings (SSSR count). The Labute approximate surface area is 104 Å². The van der Waals surface area contributed by atoms with Gasteiger partial charge in [0.15, 0.2) is 0 Å². The summed E-state index contributed by atoms with van der Waals surface area (Å²) in [5.41, 5.74) is 0.312. The second-order valence-electron chi connectivity index (χ2n) is 5.80. The predicted molar refractivity (Wildman–Crippen MR) is 71.1 cm³/mol. The molecule has 16 heavy (non-hydrogen) atoms. The Morgan fingerprint density at radius 1 is 1.38 bits per heavy atom. The molecule has 1 aliphatic heterocycles. The number of hydrogen-bond donors (Lipinski definition) is 1. The fraction of sp³-hybridized carbons (Fsp3) is 1.00. The van der Waals surface area contributed by atoms with Gasteiger partial charge in [-0.3, -0.25) is 0 Å². The molecule has 0 spiro atoms. The summed E-state index contributed by atoms with van der Waals surface area (Å²) >= 11 is 2.10. The zero-order chi connectivity index (χ0) is 11.8. The van der Waals surface area contributed by atoms with Crippen molar-refractivity contribution in [1.29, 1.82) is 0 Å². The van der Waals surface area contributed by atoms with Crippen molar-refractivity contribution in [2.45, 2.75) is 64.0 Å². The van der Waals surface area contributed by atoms with Crippen LogP contribution in [0.5, 0.6) is 0 Å². The van der Waals surface area contributed by atoms with Gasteiger partial charge in [-0.25, -0.2) is 0 Å². The number of hydrogen-bond acceptors (Lipinski definition) is 3. The average molecular weight is 243 g/mol. The topological polar surface area (TPSA) is 21.3 Å². The first-order chi connectivity index (χ1) is 7.54. The van der Waals surface area contributed by atoms with Gasteiger partial charge in [0.25, 0.3) is 0 Å². The van der Waals surface area contributed by atoms with Crippen LogP contribution < -0.4 is 5.32 Å². The first-order valence-corrected chi connectivity index (χ1v) is 7.58. The van der Waals surface area contributed by atoms with Crippen LogP contribution in [0.15, 0.2) is 0 Å². The lowest BCUT2D eigenvalue weighted by atomic mass is 9.64. The molecule has 1 aliphatic carbocycles. The fourth-order valence-corrected chi connectivity index (χ4v) is 4.03. The Morgan fingerprint density at radius 2 is 2.12 bits per heavy atom. The van der Waals surface area contributed by atoms with E-state index in [4.69, 9.17) is 4.74 Å². The van der Waals surface area contributed by atoms with Crippen LogP contribution in [0.2, 0.25) is 0 Å². The molecule has 0 aromatic carbocycles. The third kappa shape index (κ3) is 2.41. The van der Waals surface area contributed by atoms with E-state index in [-0.39, 0.29) is 0 Å². The van der Waals surface area contributed by atoms with Crippen LogP contribution in [0.4, 0.5) is 0 Å². The molecule has 0 radical (unpaired) electrons. The Kier molecular flexibility index (Phi) is 3.87. The summed E-state index contributed by atoms with van der Waals surface area (Å²) in [6, 6.07) is 1.38. The molecule has 0 aromatic heterocycles. The van der Waals surface area contributed by atoms with Crippen molar-refractivity contribution in [3.63, 3.8) is 0 Å². The van der Waals surface area contributed by atoms with Gasteiger partial charge in [-0.2, -0.15) is 11.8 Å². The smallest absolute Gasteiger partial charge is 0.0655 e. The van der Waals surface area contributed by atoms with Gasteiger partial charge in [-0.05, 0) is 19.8 Å². The summed E-state index contributed by atoms with van der Waals surface area (Å²) in [6.07, 6.45) is 2.98. The maximum atomic E-state index is 5.76. The maximum Gasteiger partial charge on any atom is 0.0655 e. The molecule has 0 bridgehead atoms. The summed E-state index contributed by atoms with van der Waals surface area (Å²) in [4.78, 5) is 0. The Morgan fingerprint density at radius 3 is 2.62 bits per heavy atom. The molecule has 2 nitrogen and oxygen atoms in total. The van der Waals surface area contributed by atoms with Gasteiger partial charge in [0.2, 0.25) is 0 Å². The van der Waals surface area contributed by atoms with Crippen LogP contribution in [0.3, 0.4) is 0 Å². The van der Waals surface area contributed by atoms with E-state index in [1.807, 2.05) is 0 Å². The molecule has 94 valence electrons. The number of thioether (sulfide) groups is 1. The molecule has 0 aromatic rings. The van der Waals surface area contributed by atoms with E-state index < -0.39 is 0 Å². The van der Waals surface area contributed by atoms with Gasteiger partial charge in [-0.15, -0.1) is 0 Å². The van der Waals surface area contributed by atoms with Crippen LogP contribution in [-0.4, -0.2) is 35.8 Å². The number of nitrogens with one attached hydrogen (secondary N) is 1. The van der Waals surface area contributed by atoms with Gasteiger partial charge in [-0.1, -0.05) is 20.8 Å². The molecule has 2 aliphatic rings. The van der Waals surface area contributed by atoms with Gasteiger partial charge >= 0.3 is 0 Å². The first-order valence-electron chi connectivity index (χ1n) is 6.53. The molecule has 3 heteroatoms. The van der Waals surface area contributed by atoms with Crippen LogP contribution in [0.1, 0.15) is 40.5 Å². The van der Waals surface area contributed by atoms with E-state index in [0.717, 1.165) is 17.9 Å². The van der Waals surface area contributed by atoms with E-state index in [1.165, 1.54) is 18.6 Å². The normalized spacial score (nSPS) is 42.0. The van der Waals surface area contributed by atoms with Crippen molar-refractivity contribution in [3.8, 4) is 0 Å². The molecule has 2 fully saturated rings. The van der Waals surface area contributed by atoms with E-state index >= 15 is 0 Å². The summed E-state index contributed by atoms with van der Waals surface area (Å²) in [5.74, 6) is 1.28. The Hall–Kier alpha value is 0.270. The van der Waals surface area contributed by atoms with Crippen molar-refractivity contribution in [3.05, 3.63) is 0 Å². The highest BCUT2D eigenvalue weighted by Gasteiger charge is 2.49. The monoisotopic (exact) mass is 243 g/mol. The molecular formula is C13H25NOS. The highest BCUT2D eigenvalue weighted by Crippen LogP contribution is 2.43. The molecule has 1 heterocycles. The lowest BCUT2D eigenvalue weighted by molar-refractivity contribution is -0.116. The first kappa shape index (κ1) is 12.7. The minimum absolute atomic E-state index is 0.312. The fourth-order valence-electron chi connectivity index (χ4n) is 2.87. The Balaban J connectivity index is 1.80. The summed E-state index contributed by atoms with van der Waals surface area (Å²) in [7, 11) is 0. The van der Waals surface area contributed by atoms with Crippen molar-refractivity contribution < 1.29 is 4.74 Å². The standard InChI is InChI=1S/C13H25NOS/c1-5-15-12-7-11(13(12,3)4)14-10-6-9(2)16-8-10/h9-12,14H,5-8H2,1-4H3. The van der Waals surface area contributed by atoms with Gasteiger partial charge < -0.3 is 10.1 Å². The minimum atomic E-state index is 0.312. The van der Waals surface area contributed by atoms with E-state index in [0.29, 0.717) is 17.6 Å². The SMILES string of the molecule is CCOC1CC(NC2CSC(C)C2)C1(C)C. The van der Waals surface area contributed by atoms with Crippen molar-refractivity contribution >= 4 is 11.8 Å². The molecule has 0 amide bonds. The van der Waals surface area contributed by atoms with Crippen LogP contribution in [0.25, 0.3) is 0 Å². The molecular weight excluding hydrogens is 218 g/mol. The molecule has 1 saturated heterocycles. The maximum absolute atomic E-state index is 5.76. The molecule has 1 N–H and O–H groups in total. The van der Waals surface area contributed by atoms with Crippen molar-refractivity contribution in [1.82, 2.24) is 5.32 Å². The van der Waals surface area contributed by atoms with Crippen LogP contribution in [0, 0.1) is 5.41 Å². The van der Waals surface area contributed by atoms with E-state index in [2.05, 4.69) is 44.8 Å². The Bertz CT molecular complexity index is 244. The van der Waals surface area contributed by atoms with Crippen LogP contribution >= 0.6 is 11.8 Å². The van der Waals surface area contributed by atoms with Gasteiger partial charge in [0.05, 0.1) is 6.10 Å². The van der Waals surface area contributed by atoms with E-state index in [1.54, 1.807) is 0 Å². The zero-order valence-corrected chi connectivity index (χ0v) is 11.8. The predicted octanol–water partition coefficient (Wildman–Crippen LogP) is 2.67. The van der Waals surface area contributed by atoms with Crippen LogP contribution in [-0.2, 0) is 4.74 Å². The number of ether oxygens (including phenoxy) is 1.